The minimum Gasteiger partial charge on any atom is -0.505 e. The van der Waals surface area contributed by atoms with E-state index in [4.69, 9.17) is 4.74 Å². The molecule has 29 heavy (non-hydrogen) atoms. The lowest BCUT2D eigenvalue weighted by molar-refractivity contribution is -0.140. The smallest absolute Gasteiger partial charge is 0.505 e. The van der Waals surface area contributed by atoms with Crippen molar-refractivity contribution < 1.29 is 27.6 Å². The predicted octanol–water partition coefficient (Wildman–Crippen LogP) is 4.82. The Hall–Kier alpha value is -2.96. The fourth-order valence-corrected chi connectivity index (χ4v) is 2.69. The molecule has 2 rings (SSSR count). The summed E-state index contributed by atoms with van der Waals surface area (Å²) in [5.74, 6) is -1.25. The normalized spacial score (nSPS) is 16.7. The maximum absolute atomic E-state index is 12.9. The SMILES string of the molecule is C=CC(=O)OC1C=CC(C(=O)C=C(OB(F)F)c2ccc(C(C)(C)C)cc2)=CC1. The predicted molar refractivity (Wildman–Crippen MR) is 109 cm³/mol. The van der Waals surface area contributed by atoms with Crippen molar-refractivity contribution in [3.63, 3.8) is 0 Å². The second-order valence-corrected chi connectivity index (χ2v) is 7.51. The zero-order chi connectivity index (χ0) is 21.6. The van der Waals surface area contributed by atoms with Gasteiger partial charge < -0.3 is 9.39 Å². The van der Waals surface area contributed by atoms with Gasteiger partial charge in [-0.2, -0.15) is 0 Å². The van der Waals surface area contributed by atoms with Gasteiger partial charge in [0.05, 0.1) is 0 Å². The van der Waals surface area contributed by atoms with Crippen LogP contribution in [0.4, 0.5) is 8.63 Å². The van der Waals surface area contributed by atoms with Gasteiger partial charge >= 0.3 is 13.4 Å². The number of esters is 1. The van der Waals surface area contributed by atoms with Gasteiger partial charge in [0, 0.05) is 29.7 Å². The zero-order valence-corrected chi connectivity index (χ0v) is 16.7. The molecule has 0 N–H and O–H groups in total. The number of carbonyl (C=O) groups is 2. The molecule has 0 saturated carbocycles. The Balaban J connectivity index is 2.20. The third-order valence-corrected chi connectivity index (χ3v) is 4.29. The lowest BCUT2D eigenvalue weighted by Crippen LogP contribution is -2.16. The Kier molecular flexibility index (Phi) is 7.32. The third-order valence-electron chi connectivity index (χ3n) is 4.29. The standard InChI is InChI=1S/C22H23BF2O4/c1-5-21(27)28-18-12-8-15(9-13-18)19(26)14-20(29-23(24)25)16-6-10-17(11-7-16)22(2,3)4/h5-12,14,18H,1,13H2,2-4H3. The van der Waals surface area contributed by atoms with E-state index in [0.29, 0.717) is 17.6 Å². The van der Waals surface area contributed by atoms with E-state index in [1.54, 1.807) is 24.3 Å². The van der Waals surface area contributed by atoms with E-state index in [0.717, 1.165) is 17.7 Å². The van der Waals surface area contributed by atoms with Crippen LogP contribution in [-0.4, -0.2) is 25.3 Å². The van der Waals surface area contributed by atoms with Gasteiger partial charge in [-0.3, -0.25) is 4.79 Å². The van der Waals surface area contributed by atoms with Gasteiger partial charge in [0.15, 0.2) is 5.78 Å². The third kappa shape index (κ3) is 6.56. The van der Waals surface area contributed by atoms with E-state index in [1.165, 1.54) is 6.08 Å². The summed E-state index contributed by atoms with van der Waals surface area (Å²) in [4.78, 5) is 23.8. The number of ether oxygens (including phenoxy) is 1. The average molecular weight is 400 g/mol. The lowest BCUT2D eigenvalue weighted by Gasteiger charge is -2.19. The Bertz CT molecular complexity index is 862. The van der Waals surface area contributed by atoms with Crippen molar-refractivity contribution in [3.8, 4) is 0 Å². The molecule has 1 aromatic rings. The molecule has 1 atom stereocenters. The van der Waals surface area contributed by atoms with Crippen LogP contribution >= 0.6 is 0 Å². The van der Waals surface area contributed by atoms with Gasteiger partial charge in [0.25, 0.3) is 0 Å². The molecule has 1 aromatic carbocycles. The Morgan fingerprint density at radius 1 is 1.21 bits per heavy atom. The number of hydrogen-bond acceptors (Lipinski definition) is 4. The van der Waals surface area contributed by atoms with Crippen molar-refractivity contribution in [2.24, 2.45) is 0 Å². The lowest BCUT2D eigenvalue weighted by atomic mass is 9.86. The number of halogens is 2. The highest BCUT2D eigenvalue weighted by Gasteiger charge is 2.23. The van der Waals surface area contributed by atoms with Gasteiger partial charge in [0.2, 0.25) is 0 Å². The first kappa shape index (κ1) is 22.3. The largest absolute Gasteiger partial charge is 0.796 e. The number of hydrogen-bond donors (Lipinski definition) is 0. The summed E-state index contributed by atoms with van der Waals surface area (Å²) in [6.07, 6.45) is 6.55. The molecule has 0 aliphatic heterocycles. The van der Waals surface area contributed by atoms with Crippen LogP contribution in [0.1, 0.15) is 38.3 Å². The van der Waals surface area contributed by atoms with Crippen LogP contribution in [-0.2, 0) is 24.4 Å². The molecular weight excluding hydrogens is 377 g/mol. The summed E-state index contributed by atoms with van der Waals surface area (Å²) >= 11 is 0. The fraction of sp³-hybridized carbons (Fsp3) is 0.273. The molecule has 0 bridgehead atoms. The van der Waals surface area contributed by atoms with E-state index in [9.17, 15) is 18.2 Å². The summed E-state index contributed by atoms with van der Waals surface area (Å²) in [7, 11) is -3.06. The van der Waals surface area contributed by atoms with Crippen molar-refractivity contribution in [2.45, 2.75) is 38.7 Å². The van der Waals surface area contributed by atoms with E-state index in [-0.39, 0.29) is 11.2 Å². The fourth-order valence-electron chi connectivity index (χ4n) is 2.69. The molecular formula is C22H23BF2O4. The van der Waals surface area contributed by atoms with E-state index in [1.807, 2.05) is 32.9 Å². The number of allylic oxidation sites excluding steroid dienone is 3. The zero-order valence-electron chi connectivity index (χ0n) is 16.7. The summed E-state index contributed by atoms with van der Waals surface area (Å²) < 4.78 is 35.4. The van der Waals surface area contributed by atoms with Gasteiger partial charge in [0.1, 0.15) is 11.9 Å². The number of carbonyl (C=O) groups excluding carboxylic acids is 2. The van der Waals surface area contributed by atoms with Crippen LogP contribution in [0.5, 0.6) is 0 Å². The molecule has 0 radical (unpaired) electrons. The number of benzene rings is 1. The van der Waals surface area contributed by atoms with Gasteiger partial charge in [-0.1, -0.05) is 63.8 Å². The quantitative estimate of drug-likeness (QED) is 0.285. The molecule has 1 aliphatic carbocycles. The van der Waals surface area contributed by atoms with Crippen LogP contribution in [0.25, 0.3) is 5.76 Å². The molecule has 0 amide bonds. The minimum atomic E-state index is -3.06. The first-order valence-corrected chi connectivity index (χ1v) is 9.13. The van der Waals surface area contributed by atoms with Crippen LogP contribution in [0.3, 0.4) is 0 Å². The Morgan fingerprint density at radius 3 is 2.34 bits per heavy atom. The molecule has 152 valence electrons. The first-order chi connectivity index (χ1) is 13.6. The van der Waals surface area contributed by atoms with Crippen LogP contribution in [0, 0.1) is 0 Å². The van der Waals surface area contributed by atoms with Gasteiger partial charge in [-0.05, 0) is 17.1 Å². The van der Waals surface area contributed by atoms with Crippen molar-refractivity contribution in [2.75, 3.05) is 0 Å². The maximum atomic E-state index is 12.9. The van der Waals surface area contributed by atoms with Crippen LogP contribution in [0.15, 0.2) is 66.8 Å². The second kappa shape index (κ2) is 9.50. The topological polar surface area (TPSA) is 52.6 Å². The van der Waals surface area contributed by atoms with Crippen molar-refractivity contribution in [3.05, 3.63) is 77.9 Å². The molecule has 0 saturated heterocycles. The molecule has 4 nitrogen and oxygen atoms in total. The average Bonchev–Trinajstić information content (AvgIpc) is 2.67. The summed E-state index contributed by atoms with van der Waals surface area (Å²) in [5.41, 5.74) is 1.62. The molecule has 0 fully saturated rings. The summed E-state index contributed by atoms with van der Waals surface area (Å²) in [6, 6.07) is 6.94. The summed E-state index contributed by atoms with van der Waals surface area (Å²) in [5, 5.41) is 0. The highest BCUT2D eigenvalue weighted by atomic mass is 19.2. The van der Waals surface area contributed by atoms with E-state index < -0.39 is 25.3 Å². The van der Waals surface area contributed by atoms with Gasteiger partial charge in [-0.15, -0.1) is 0 Å². The van der Waals surface area contributed by atoms with E-state index in [2.05, 4.69) is 11.2 Å². The molecule has 0 heterocycles. The van der Waals surface area contributed by atoms with Crippen molar-refractivity contribution in [1.29, 1.82) is 0 Å². The number of ketones is 1. The maximum Gasteiger partial charge on any atom is 0.796 e. The molecule has 7 heteroatoms. The molecule has 0 spiro atoms. The number of rotatable bonds is 7. The highest BCUT2D eigenvalue weighted by molar-refractivity contribution is 6.36. The monoisotopic (exact) mass is 400 g/mol. The van der Waals surface area contributed by atoms with Gasteiger partial charge in [-0.25, -0.2) is 13.4 Å². The van der Waals surface area contributed by atoms with Crippen LogP contribution in [0.2, 0.25) is 0 Å². The molecule has 0 aromatic heterocycles. The summed E-state index contributed by atoms with van der Waals surface area (Å²) in [6.45, 7) is 9.45. The second-order valence-electron chi connectivity index (χ2n) is 7.51. The Labute approximate surface area is 169 Å². The highest BCUT2D eigenvalue weighted by Crippen LogP contribution is 2.26. The Morgan fingerprint density at radius 2 is 1.86 bits per heavy atom. The van der Waals surface area contributed by atoms with Crippen LogP contribution < -0.4 is 0 Å². The minimum absolute atomic E-state index is 0.0922. The molecule has 1 unspecified atom stereocenters. The van der Waals surface area contributed by atoms with E-state index >= 15 is 0 Å². The molecule has 1 aliphatic rings. The first-order valence-electron chi connectivity index (χ1n) is 9.13. The van der Waals surface area contributed by atoms with Crippen molar-refractivity contribution >= 4 is 25.0 Å². The van der Waals surface area contributed by atoms with Crippen molar-refractivity contribution in [1.82, 2.24) is 0 Å².